The number of aromatic amines is 1. The lowest BCUT2D eigenvalue weighted by Gasteiger charge is -2.27. The molecule has 0 unspecified atom stereocenters. The molecule has 40 heavy (non-hydrogen) atoms. The number of fused-ring (bicyclic) bond motifs is 10. The molecular weight excluding hydrogens is 515 g/mol. The smallest absolute Gasteiger partial charge is 0.411 e. The first-order valence-electron chi connectivity index (χ1n) is 12.8. The molecule has 3 aromatic carbocycles. The summed E-state index contributed by atoms with van der Waals surface area (Å²) in [5.74, 6) is -0.453. The number of aromatic nitrogens is 1. The zero-order chi connectivity index (χ0) is 28.4. The van der Waals surface area contributed by atoms with Crippen molar-refractivity contribution in [1.82, 2.24) is 9.88 Å². The summed E-state index contributed by atoms with van der Waals surface area (Å²) in [6.07, 6.45) is 0.452. The van der Waals surface area contributed by atoms with Crippen molar-refractivity contribution in [1.29, 1.82) is 0 Å². The van der Waals surface area contributed by atoms with Gasteiger partial charge in [0.1, 0.15) is 17.6 Å². The molecule has 2 aliphatic heterocycles. The highest BCUT2D eigenvalue weighted by Crippen LogP contribution is 2.33. The van der Waals surface area contributed by atoms with E-state index in [9.17, 15) is 18.8 Å². The number of ether oxygens (including phenoxy) is 2. The second-order valence-corrected chi connectivity index (χ2v) is 9.82. The molecule has 0 saturated heterocycles. The predicted molar refractivity (Wildman–Crippen MR) is 150 cm³/mol. The van der Waals surface area contributed by atoms with E-state index < -0.39 is 23.5 Å². The highest BCUT2D eigenvalue weighted by atomic mass is 19.1. The van der Waals surface area contributed by atoms with Crippen LogP contribution >= 0.6 is 0 Å². The van der Waals surface area contributed by atoms with Crippen LogP contribution in [0.1, 0.15) is 35.6 Å². The van der Waals surface area contributed by atoms with Gasteiger partial charge in [0.15, 0.2) is 0 Å². The van der Waals surface area contributed by atoms with E-state index >= 15 is 0 Å². The number of hydrogen-bond acceptors (Lipinski definition) is 6. The average molecular weight is 545 g/mol. The van der Waals surface area contributed by atoms with Gasteiger partial charge in [-0.3, -0.25) is 14.9 Å². The van der Waals surface area contributed by atoms with Crippen molar-refractivity contribution in [3.05, 3.63) is 99.7 Å². The third-order valence-electron chi connectivity index (χ3n) is 6.97. The maximum Gasteiger partial charge on any atom is 0.411 e. The average Bonchev–Trinajstić information content (AvgIpc) is 2.95. The van der Waals surface area contributed by atoms with Crippen LogP contribution in [0.15, 0.2) is 71.7 Å². The van der Waals surface area contributed by atoms with Crippen molar-refractivity contribution in [3.8, 4) is 5.75 Å². The zero-order valence-electron chi connectivity index (χ0n) is 22.3. The van der Waals surface area contributed by atoms with Gasteiger partial charge in [0.25, 0.3) is 5.56 Å². The molecule has 0 spiro atoms. The number of rotatable bonds is 3. The van der Waals surface area contributed by atoms with Gasteiger partial charge in [-0.25, -0.2) is 9.18 Å². The molecule has 0 saturated carbocycles. The minimum Gasteiger partial charge on any atom is -0.496 e. The molecule has 1 aromatic heterocycles. The molecule has 3 heterocycles. The second kappa shape index (κ2) is 11.1. The summed E-state index contributed by atoms with van der Waals surface area (Å²) in [5.41, 5.74) is 2.81. The van der Waals surface area contributed by atoms with E-state index in [2.05, 4.69) is 15.6 Å². The third-order valence-corrected chi connectivity index (χ3v) is 6.97. The molecule has 6 rings (SSSR count). The van der Waals surface area contributed by atoms with E-state index in [0.717, 1.165) is 17.3 Å². The SMILES string of the molecule is COc1cc2ccc1[C@@H](C)COC(=O)Nc1cccc(c1)CN(C)C(=O)[C@@H]2Nc1ccc2c(F)c[nH]c(=O)c2c1. The van der Waals surface area contributed by atoms with Gasteiger partial charge in [-0.2, -0.15) is 0 Å². The topological polar surface area (TPSA) is 113 Å². The van der Waals surface area contributed by atoms with Crippen LogP contribution < -0.4 is 20.9 Å². The minimum absolute atomic E-state index is 0.118. The zero-order valence-corrected chi connectivity index (χ0v) is 22.3. The number of hydrogen-bond donors (Lipinski definition) is 3. The standard InChI is InChI=1S/C30H29FN4O5/c1-17-16-40-30(38)34-20-6-4-5-18(11-20)15-35(2)29(37)27(19-7-9-22(17)26(12-19)39-3)33-21-8-10-23-24(13-21)28(36)32-14-25(23)31/h4-14,17,27,33H,15-16H2,1-3H3,(H,32,36)(H,34,38)/t17-,27+/m0/s1. The van der Waals surface area contributed by atoms with Crippen molar-refractivity contribution < 1.29 is 23.5 Å². The number of likely N-dealkylation sites (N-methyl/N-ethyl adjacent to an activating group) is 1. The van der Waals surface area contributed by atoms with Crippen LogP contribution in [0, 0.1) is 5.82 Å². The molecular formula is C30H29FN4O5. The number of carbonyl (C=O) groups excluding carboxylic acids is 2. The second-order valence-electron chi connectivity index (χ2n) is 9.82. The monoisotopic (exact) mass is 544 g/mol. The lowest BCUT2D eigenvalue weighted by molar-refractivity contribution is -0.131. The van der Waals surface area contributed by atoms with Crippen molar-refractivity contribution in [2.45, 2.75) is 25.4 Å². The van der Waals surface area contributed by atoms with Gasteiger partial charge in [0.2, 0.25) is 5.91 Å². The molecule has 2 atom stereocenters. The molecule has 9 nitrogen and oxygen atoms in total. The van der Waals surface area contributed by atoms with Gasteiger partial charge in [0, 0.05) is 48.0 Å². The van der Waals surface area contributed by atoms with Gasteiger partial charge < -0.3 is 24.7 Å². The Balaban J connectivity index is 1.58. The Bertz CT molecular complexity index is 1650. The highest BCUT2D eigenvalue weighted by Gasteiger charge is 2.27. The van der Waals surface area contributed by atoms with E-state index in [1.807, 2.05) is 25.1 Å². The Morgan fingerprint density at radius 2 is 1.88 bits per heavy atom. The fourth-order valence-corrected chi connectivity index (χ4v) is 4.85. The summed E-state index contributed by atoms with van der Waals surface area (Å²) >= 11 is 0. The predicted octanol–water partition coefficient (Wildman–Crippen LogP) is 5.15. The quantitative estimate of drug-likeness (QED) is 0.329. The summed E-state index contributed by atoms with van der Waals surface area (Å²) in [4.78, 5) is 42.7. The van der Waals surface area contributed by atoms with Crippen LogP contribution in [0.5, 0.6) is 5.75 Å². The van der Waals surface area contributed by atoms with Crippen LogP contribution in [-0.2, 0) is 16.1 Å². The van der Waals surface area contributed by atoms with Crippen LogP contribution in [-0.4, -0.2) is 42.6 Å². The number of methoxy groups -OCH3 is 1. The Labute approximate surface area is 229 Å². The number of benzene rings is 3. The van der Waals surface area contributed by atoms with Crippen LogP contribution in [0.3, 0.4) is 0 Å². The number of amides is 2. The summed E-state index contributed by atoms with van der Waals surface area (Å²) in [6, 6.07) is 16.4. The first kappa shape index (κ1) is 26.7. The van der Waals surface area contributed by atoms with E-state index in [1.165, 1.54) is 19.2 Å². The van der Waals surface area contributed by atoms with Gasteiger partial charge >= 0.3 is 6.09 Å². The van der Waals surface area contributed by atoms with E-state index in [4.69, 9.17) is 9.47 Å². The first-order valence-corrected chi connectivity index (χ1v) is 12.8. The number of halogens is 1. The van der Waals surface area contributed by atoms with Gasteiger partial charge in [-0.05, 0) is 47.5 Å². The summed E-state index contributed by atoms with van der Waals surface area (Å²) in [5, 5.41) is 6.34. The molecule has 10 heteroatoms. The lowest BCUT2D eigenvalue weighted by atomic mass is 9.96. The number of H-pyrrole nitrogens is 1. The van der Waals surface area contributed by atoms with Gasteiger partial charge in [-0.15, -0.1) is 0 Å². The normalized spacial score (nSPS) is 17.9. The third kappa shape index (κ3) is 5.47. The van der Waals surface area contributed by atoms with Crippen molar-refractivity contribution in [3.63, 3.8) is 0 Å². The Kier molecular flexibility index (Phi) is 7.41. The first-order chi connectivity index (χ1) is 19.2. The Morgan fingerprint density at radius 1 is 1.05 bits per heavy atom. The highest BCUT2D eigenvalue weighted by molar-refractivity contribution is 5.89. The van der Waals surface area contributed by atoms with Crippen LogP contribution in [0.4, 0.5) is 20.6 Å². The number of nitrogens with one attached hydrogen (secondary N) is 3. The van der Waals surface area contributed by atoms with Crippen molar-refractivity contribution in [2.75, 3.05) is 31.4 Å². The van der Waals surface area contributed by atoms with Crippen molar-refractivity contribution in [2.24, 2.45) is 0 Å². The Hall–Kier alpha value is -4.86. The lowest BCUT2D eigenvalue weighted by Crippen LogP contribution is -2.35. The van der Waals surface area contributed by atoms with E-state index in [-0.39, 0.29) is 35.7 Å². The molecule has 2 aliphatic rings. The largest absolute Gasteiger partial charge is 0.496 e. The summed E-state index contributed by atoms with van der Waals surface area (Å²) in [7, 11) is 3.22. The summed E-state index contributed by atoms with van der Waals surface area (Å²) in [6.45, 7) is 2.29. The minimum atomic E-state index is -0.861. The number of pyridine rings is 1. The van der Waals surface area contributed by atoms with Gasteiger partial charge in [-0.1, -0.05) is 31.2 Å². The molecule has 4 aromatic rings. The molecule has 0 aliphatic carbocycles. The fraction of sp³-hybridized carbons (Fsp3) is 0.233. The van der Waals surface area contributed by atoms with E-state index in [0.29, 0.717) is 22.7 Å². The molecule has 0 radical (unpaired) electrons. The van der Waals surface area contributed by atoms with Crippen molar-refractivity contribution >= 4 is 34.1 Å². The van der Waals surface area contributed by atoms with Crippen LogP contribution in [0.2, 0.25) is 0 Å². The maximum atomic E-state index is 14.3. The van der Waals surface area contributed by atoms with Crippen LogP contribution in [0.25, 0.3) is 10.8 Å². The Morgan fingerprint density at radius 3 is 2.67 bits per heavy atom. The van der Waals surface area contributed by atoms with Gasteiger partial charge in [0.05, 0.1) is 19.1 Å². The summed E-state index contributed by atoms with van der Waals surface area (Å²) < 4.78 is 25.4. The molecule has 206 valence electrons. The maximum absolute atomic E-state index is 14.3. The molecule has 4 bridgehead atoms. The molecule has 2 amide bonds. The molecule has 3 N–H and O–H groups in total. The number of anilines is 2. The van der Waals surface area contributed by atoms with E-state index in [1.54, 1.807) is 42.3 Å². The molecule has 0 fully saturated rings. The number of nitrogens with zero attached hydrogens (tertiary/aromatic N) is 1. The number of carbonyl (C=O) groups is 2. The fourth-order valence-electron chi connectivity index (χ4n) is 4.85.